The van der Waals surface area contributed by atoms with Crippen LogP contribution >= 0.6 is 0 Å². The summed E-state index contributed by atoms with van der Waals surface area (Å²) in [7, 11) is 0. The van der Waals surface area contributed by atoms with E-state index < -0.39 is 11.9 Å². The molecule has 0 bridgehead atoms. The first-order valence-electron chi connectivity index (χ1n) is 5.46. The maximum absolute atomic E-state index is 11.5. The Labute approximate surface area is 90.0 Å². The predicted molar refractivity (Wildman–Crippen MR) is 56.3 cm³/mol. The van der Waals surface area contributed by atoms with Crippen LogP contribution in [0.4, 0.5) is 0 Å². The minimum atomic E-state index is -1.06. The second kappa shape index (κ2) is 4.64. The summed E-state index contributed by atoms with van der Waals surface area (Å²) in [5.74, 6) is -1.34. The molecule has 0 aromatic heterocycles. The molecule has 0 radical (unpaired) electrons. The summed E-state index contributed by atoms with van der Waals surface area (Å²) in [5, 5.41) is 11.5. The summed E-state index contributed by atoms with van der Waals surface area (Å²) in [4.78, 5) is 22.1. The van der Waals surface area contributed by atoms with Crippen LogP contribution in [0.1, 0.15) is 33.6 Å². The summed E-state index contributed by atoms with van der Waals surface area (Å²) in [6.45, 7) is 5.69. The van der Waals surface area contributed by atoms with E-state index in [0.29, 0.717) is 11.8 Å². The summed E-state index contributed by atoms with van der Waals surface area (Å²) < 4.78 is 0. The van der Waals surface area contributed by atoms with Crippen molar-refractivity contribution in [1.82, 2.24) is 5.32 Å². The molecule has 0 saturated heterocycles. The van der Waals surface area contributed by atoms with Crippen LogP contribution in [0.15, 0.2) is 0 Å². The Hall–Kier alpha value is -1.06. The quantitative estimate of drug-likeness (QED) is 0.693. The molecule has 0 aromatic rings. The fourth-order valence-corrected chi connectivity index (χ4v) is 1.99. The molecule has 1 fully saturated rings. The van der Waals surface area contributed by atoms with Crippen molar-refractivity contribution in [2.45, 2.75) is 39.7 Å². The first-order chi connectivity index (χ1) is 6.93. The smallest absolute Gasteiger partial charge is 0.315 e. The average Bonchev–Trinajstić information content (AvgIpc) is 2.48. The maximum Gasteiger partial charge on any atom is 0.315 e. The first kappa shape index (κ1) is 12.0. The number of carboxylic acid groups (broad SMARTS) is 1. The van der Waals surface area contributed by atoms with Crippen molar-refractivity contribution < 1.29 is 14.7 Å². The van der Waals surface area contributed by atoms with Crippen LogP contribution < -0.4 is 5.32 Å². The second-order valence-corrected chi connectivity index (χ2v) is 4.59. The highest BCUT2D eigenvalue weighted by atomic mass is 16.4. The Kier molecular flexibility index (Phi) is 3.72. The predicted octanol–water partition coefficient (Wildman–Crippen LogP) is 1.26. The molecule has 1 aliphatic rings. The molecular formula is C11H19NO3. The molecule has 15 heavy (non-hydrogen) atoms. The fraction of sp³-hybridized carbons (Fsp3) is 0.818. The molecule has 2 N–H and O–H groups in total. The van der Waals surface area contributed by atoms with Gasteiger partial charge in [0.15, 0.2) is 0 Å². The lowest BCUT2D eigenvalue weighted by molar-refractivity contribution is -0.146. The van der Waals surface area contributed by atoms with Gasteiger partial charge < -0.3 is 10.4 Å². The van der Waals surface area contributed by atoms with Crippen LogP contribution in [0.3, 0.4) is 0 Å². The third-order valence-corrected chi connectivity index (χ3v) is 3.56. The Morgan fingerprint density at radius 2 is 1.93 bits per heavy atom. The monoisotopic (exact) mass is 213 g/mol. The molecule has 4 heteroatoms. The number of carbonyl (C=O) groups is 2. The van der Waals surface area contributed by atoms with Gasteiger partial charge in [0.2, 0.25) is 5.91 Å². The zero-order valence-corrected chi connectivity index (χ0v) is 9.49. The molecule has 1 rings (SSSR count). The minimum absolute atomic E-state index is 0.147. The van der Waals surface area contributed by atoms with E-state index in [2.05, 4.69) is 19.2 Å². The van der Waals surface area contributed by atoms with Crippen molar-refractivity contribution >= 4 is 11.9 Å². The zero-order valence-electron chi connectivity index (χ0n) is 9.49. The van der Waals surface area contributed by atoms with Gasteiger partial charge in [-0.3, -0.25) is 9.59 Å². The van der Waals surface area contributed by atoms with E-state index in [9.17, 15) is 9.59 Å². The second-order valence-electron chi connectivity index (χ2n) is 4.59. The van der Waals surface area contributed by atoms with Gasteiger partial charge in [-0.25, -0.2) is 0 Å². The third-order valence-electron chi connectivity index (χ3n) is 3.56. The van der Waals surface area contributed by atoms with Gasteiger partial charge in [-0.1, -0.05) is 13.8 Å². The third kappa shape index (κ3) is 2.70. The Morgan fingerprint density at radius 3 is 2.33 bits per heavy atom. The van der Waals surface area contributed by atoms with Gasteiger partial charge in [0.1, 0.15) is 5.92 Å². The number of hydrogen-bond donors (Lipinski definition) is 2. The molecule has 1 saturated carbocycles. The van der Waals surface area contributed by atoms with Crippen molar-refractivity contribution in [2.24, 2.45) is 17.8 Å². The van der Waals surface area contributed by atoms with Gasteiger partial charge >= 0.3 is 5.97 Å². The highest BCUT2D eigenvalue weighted by molar-refractivity contribution is 5.96. The van der Waals surface area contributed by atoms with E-state index in [1.54, 1.807) is 0 Å². The van der Waals surface area contributed by atoms with Gasteiger partial charge in [-0.05, 0) is 31.6 Å². The van der Waals surface area contributed by atoms with E-state index in [1.807, 2.05) is 0 Å². The molecule has 4 unspecified atom stereocenters. The summed E-state index contributed by atoms with van der Waals surface area (Å²) >= 11 is 0. The van der Waals surface area contributed by atoms with E-state index in [-0.39, 0.29) is 11.9 Å². The zero-order chi connectivity index (χ0) is 11.6. The summed E-state index contributed by atoms with van der Waals surface area (Å²) in [6.07, 6.45) is 2.06. The van der Waals surface area contributed by atoms with Crippen molar-refractivity contribution in [2.75, 3.05) is 0 Å². The van der Waals surface area contributed by atoms with Crippen LogP contribution in [0.25, 0.3) is 0 Å². The highest BCUT2D eigenvalue weighted by Crippen LogP contribution is 2.31. The molecule has 0 heterocycles. The largest absolute Gasteiger partial charge is 0.481 e. The fourth-order valence-electron chi connectivity index (χ4n) is 1.99. The number of rotatable bonds is 3. The van der Waals surface area contributed by atoms with E-state index in [0.717, 1.165) is 12.8 Å². The van der Waals surface area contributed by atoms with Crippen LogP contribution in [0, 0.1) is 17.8 Å². The summed E-state index contributed by atoms with van der Waals surface area (Å²) in [6, 6.07) is 0.147. The number of nitrogens with one attached hydrogen (secondary N) is 1. The topological polar surface area (TPSA) is 66.4 Å². The van der Waals surface area contributed by atoms with Gasteiger partial charge in [0.05, 0.1) is 0 Å². The molecule has 0 aromatic carbocycles. The molecule has 4 atom stereocenters. The highest BCUT2D eigenvalue weighted by Gasteiger charge is 2.32. The van der Waals surface area contributed by atoms with Gasteiger partial charge in [0, 0.05) is 6.04 Å². The molecule has 86 valence electrons. The van der Waals surface area contributed by atoms with Gasteiger partial charge in [-0.2, -0.15) is 0 Å². The van der Waals surface area contributed by atoms with E-state index in [4.69, 9.17) is 5.11 Å². The lowest BCUT2D eigenvalue weighted by atomic mass is 9.97. The molecule has 1 aliphatic carbocycles. The lowest BCUT2D eigenvalue weighted by Crippen LogP contribution is -2.42. The van der Waals surface area contributed by atoms with Gasteiger partial charge in [-0.15, -0.1) is 0 Å². The van der Waals surface area contributed by atoms with Crippen molar-refractivity contribution in [3.05, 3.63) is 0 Å². The maximum atomic E-state index is 11.5. The molecule has 0 spiro atoms. The Bertz CT molecular complexity index is 265. The van der Waals surface area contributed by atoms with Crippen LogP contribution in [0.5, 0.6) is 0 Å². The normalized spacial score (nSPS) is 32.3. The number of amides is 1. The molecule has 1 amide bonds. The van der Waals surface area contributed by atoms with Crippen LogP contribution in [-0.2, 0) is 9.59 Å². The standard InChI is InChI=1S/C11H19NO3/c1-6-4-5-9(7(6)2)12-10(13)8(3)11(14)15/h6-9H,4-5H2,1-3H3,(H,12,13)(H,14,15). The first-order valence-corrected chi connectivity index (χ1v) is 5.46. The SMILES string of the molecule is CC(C(=O)O)C(=O)NC1CCC(C)C1C. The summed E-state index contributed by atoms with van der Waals surface area (Å²) in [5.41, 5.74) is 0. The van der Waals surface area contributed by atoms with E-state index >= 15 is 0 Å². The van der Waals surface area contributed by atoms with E-state index in [1.165, 1.54) is 6.92 Å². The van der Waals surface area contributed by atoms with Crippen molar-refractivity contribution in [1.29, 1.82) is 0 Å². The average molecular weight is 213 g/mol. The van der Waals surface area contributed by atoms with Crippen LogP contribution in [-0.4, -0.2) is 23.0 Å². The number of carbonyl (C=O) groups excluding carboxylic acids is 1. The Balaban J connectivity index is 2.49. The van der Waals surface area contributed by atoms with Crippen molar-refractivity contribution in [3.63, 3.8) is 0 Å². The molecule has 4 nitrogen and oxygen atoms in total. The number of carboxylic acids is 1. The molecule has 0 aliphatic heterocycles. The Morgan fingerprint density at radius 1 is 1.33 bits per heavy atom. The minimum Gasteiger partial charge on any atom is -0.481 e. The van der Waals surface area contributed by atoms with Gasteiger partial charge in [0.25, 0.3) is 0 Å². The lowest BCUT2D eigenvalue weighted by Gasteiger charge is -2.20. The van der Waals surface area contributed by atoms with Crippen LogP contribution in [0.2, 0.25) is 0 Å². The number of hydrogen-bond acceptors (Lipinski definition) is 2. The number of aliphatic carboxylic acids is 1. The molecular weight excluding hydrogens is 194 g/mol. The van der Waals surface area contributed by atoms with Crippen molar-refractivity contribution in [3.8, 4) is 0 Å².